The lowest BCUT2D eigenvalue weighted by atomic mass is 10.2. The fraction of sp³-hybridized carbons (Fsp3) is 0.231. The maximum Gasteiger partial charge on any atom is 0.338 e. The number of ether oxygens (including phenoxy) is 2. The molecule has 0 aromatic heterocycles. The number of benzene rings is 3. The largest absolute Gasteiger partial charge is 0.462 e. The Morgan fingerprint density at radius 1 is 0.865 bits per heavy atom. The second-order valence-electron chi connectivity index (χ2n) is 7.62. The number of nitrogens with zero attached hydrogens (tertiary/aromatic N) is 1. The van der Waals surface area contributed by atoms with E-state index in [1.165, 1.54) is 24.3 Å². The molecule has 0 heterocycles. The average Bonchev–Trinajstić information content (AvgIpc) is 2.92. The number of nitrogens with one attached hydrogen (secondary N) is 2. The van der Waals surface area contributed by atoms with Gasteiger partial charge in [0.15, 0.2) is 5.75 Å². The Hall–Kier alpha value is -3.77. The molecule has 0 bridgehead atoms. The van der Waals surface area contributed by atoms with Gasteiger partial charge in [-0.15, -0.1) is 0 Å². The zero-order chi connectivity index (χ0) is 26.5. The second-order valence-corrected chi connectivity index (χ2v) is 9.37. The van der Waals surface area contributed by atoms with E-state index >= 15 is 0 Å². The first-order chi connectivity index (χ1) is 17.9. The number of hydrazine groups is 1. The highest BCUT2D eigenvalue weighted by Gasteiger charge is 2.28. The quantitative estimate of drug-likeness (QED) is 0.185. The molecule has 3 rings (SSSR count). The summed E-state index contributed by atoms with van der Waals surface area (Å²) >= 11 is 0. The van der Waals surface area contributed by atoms with Gasteiger partial charge in [0, 0.05) is 17.7 Å². The maximum atomic E-state index is 13.4. The Bertz CT molecular complexity index is 1260. The van der Waals surface area contributed by atoms with E-state index in [2.05, 4.69) is 10.7 Å². The van der Waals surface area contributed by atoms with Gasteiger partial charge < -0.3 is 19.6 Å². The van der Waals surface area contributed by atoms with Crippen LogP contribution in [0.5, 0.6) is 5.75 Å². The molecule has 0 radical (unpaired) electrons. The van der Waals surface area contributed by atoms with Gasteiger partial charge in [-0.2, -0.15) is 0 Å². The summed E-state index contributed by atoms with van der Waals surface area (Å²) in [6.07, 6.45) is 0. The topological polar surface area (TPSA) is 123 Å². The van der Waals surface area contributed by atoms with Crippen molar-refractivity contribution in [2.24, 2.45) is 0 Å². The lowest BCUT2D eigenvalue weighted by Gasteiger charge is -2.22. The Morgan fingerprint density at radius 3 is 2.27 bits per heavy atom. The van der Waals surface area contributed by atoms with Crippen LogP contribution in [0.2, 0.25) is 0 Å². The zero-order valence-corrected chi connectivity index (χ0v) is 21.1. The van der Waals surface area contributed by atoms with Crippen LogP contribution in [0.25, 0.3) is 0 Å². The highest BCUT2D eigenvalue weighted by molar-refractivity contribution is 7.89. The third-order valence-corrected chi connectivity index (χ3v) is 6.34. The van der Waals surface area contributed by atoms with E-state index in [-0.39, 0.29) is 49.1 Å². The minimum absolute atomic E-state index is 0.0532. The van der Waals surface area contributed by atoms with E-state index in [1.807, 2.05) is 30.3 Å². The summed E-state index contributed by atoms with van der Waals surface area (Å²) in [5.74, 6) is -0.798. The number of sulfonamides is 1. The number of carbonyl (C=O) groups is 2. The van der Waals surface area contributed by atoms with Crippen molar-refractivity contribution in [3.63, 3.8) is 0 Å². The Kier molecular flexibility index (Phi) is 10.6. The van der Waals surface area contributed by atoms with Gasteiger partial charge >= 0.3 is 11.9 Å². The molecule has 0 aliphatic carbocycles. The van der Waals surface area contributed by atoms with Gasteiger partial charge in [-0.05, 0) is 42.8 Å². The molecular formula is C26H29N3O7S. The van der Waals surface area contributed by atoms with Crippen LogP contribution in [-0.4, -0.2) is 51.2 Å². The first-order valence-electron chi connectivity index (χ1n) is 11.6. The van der Waals surface area contributed by atoms with Crippen LogP contribution in [-0.2, 0) is 30.9 Å². The van der Waals surface area contributed by atoms with Crippen molar-refractivity contribution in [2.75, 3.05) is 26.2 Å². The van der Waals surface area contributed by atoms with E-state index in [0.29, 0.717) is 4.58 Å². The van der Waals surface area contributed by atoms with Crippen LogP contribution in [0.4, 0.5) is 0 Å². The molecule has 11 heteroatoms. The monoisotopic (exact) mass is 527 g/mol. The second kappa shape index (κ2) is 14.1. The van der Waals surface area contributed by atoms with E-state index in [1.54, 1.807) is 37.3 Å². The van der Waals surface area contributed by atoms with Crippen molar-refractivity contribution in [1.29, 1.82) is 0 Å². The molecular weight excluding hydrogens is 498 g/mol. The molecule has 0 spiro atoms. The van der Waals surface area contributed by atoms with Crippen LogP contribution in [0.1, 0.15) is 22.8 Å². The van der Waals surface area contributed by atoms with Crippen molar-refractivity contribution in [2.45, 2.75) is 18.4 Å². The van der Waals surface area contributed by atoms with Gasteiger partial charge in [0.25, 0.3) is 10.0 Å². The molecule has 10 nitrogen and oxygen atoms in total. The molecule has 0 saturated carbocycles. The number of hydrogen-bond donors (Lipinski definition) is 2. The summed E-state index contributed by atoms with van der Waals surface area (Å²) in [5.41, 5.74) is 3.68. The molecule has 196 valence electrons. The van der Waals surface area contributed by atoms with Crippen LogP contribution in [0.15, 0.2) is 89.8 Å². The summed E-state index contributed by atoms with van der Waals surface area (Å²) in [6.45, 7) is 2.26. The predicted octanol–water partition coefficient (Wildman–Crippen LogP) is 2.69. The molecule has 0 unspecified atom stereocenters. The lowest BCUT2D eigenvalue weighted by molar-refractivity contribution is -0.143. The van der Waals surface area contributed by atoms with Crippen LogP contribution < -0.4 is 15.6 Å². The maximum absolute atomic E-state index is 13.4. The highest BCUT2D eigenvalue weighted by Crippen LogP contribution is 2.19. The summed E-state index contributed by atoms with van der Waals surface area (Å²) in [5, 5.41) is 2.89. The van der Waals surface area contributed by atoms with E-state index in [4.69, 9.17) is 14.3 Å². The molecule has 0 aliphatic heterocycles. The number of rotatable bonds is 14. The Balaban J connectivity index is 1.60. The molecule has 0 amide bonds. The van der Waals surface area contributed by atoms with Gasteiger partial charge in [0.1, 0.15) is 6.61 Å². The van der Waals surface area contributed by atoms with Crippen LogP contribution >= 0.6 is 0 Å². The van der Waals surface area contributed by atoms with Crippen molar-refractivity contribution < 1.29 is 32.3 Å². The minimum atomic E-state index is -4.24. The van der Waals surface area contributed by atoms with Crippen LogP contribution in [0, 0.1) is 0 Å². The van der Waals surface area contributed by atoms with Crippen molar-refractivity contribution in [3.05, 3.63) is 96.1 Å². The average molecular weight is 528 g/mol. The van der Waals surface area contributed by atoms with E-state index < -0.39 is 22.0 Å². The third-order valence-electron chi connectivity index (χ3n) is 4.85. The first-order valence-corrected chi connectivity index (χ1v) is 13.0. The zero-order valence-electron chi connectivity index (χ0n) is 20.3. The highest BCUT2D eigenvalue weighted by atomic mass is 32.2. The van der Waals surface area contributed by atoms with Crippen molar-refractivity contribution in [1.82, 2.24) is 15.3 Å². The van der Waals surface area contributed by atoms with Crippen molar-refractivity contribution in [3.8, 4) is 5.75 Å². The summed E-state index contributed by atoms with van der Waals surface area (Å²) in [4.78, 5) is 29.5. The number of carbonyl (C=O) groups excluding carboxylic acids is 2. The summed E-state index contributed by atoms with van der Waals surface area (Å²) in [6, 6.07) is 23.1. The number of para-hydroxylation sites is 1. The Labute approximate surface area is 216 Å². The van der Waals surface area contributed by atoms with Gasteiger partial charge in [0.2, 0.25) is 0 Å². The van der Waals surface area contributed by atoms with Gasteiger partial charge in [-0.1, -0.05) is 54.6 Å². The predicted molar refractivity (Wildman–Crippen MR) is 136 cm³/mol. The fourth-order valence-corrected chi connectivity index (χ4v) is 4.22. The molecule has 0 aliphatic rings. The minimum Gasteiger partial charge on any atom is -0.462 e. The number of hydrogen-bond acceptors (Lipinski definition) is 9. The molecule has 0 saturated heterocycles. The fourth-order valence-electron chi connectivity index (χ4n) is 3.05. The lowest BCUT2D eigenvalue weighted by Crippen LogP contribution is -2.47. The standard InChI is InChI=1S/C26H29N3O7S/c1-2-34-26(31)22-12-9-15-24(18-22)37(32,33)29(36-23-13-7-4-8-14-23)28-17-16-27-19-25(30)35-20-21-10-5-3-6-11-21/h3-15,18,27-28H,2,16-17,19-20H2,1H3. The SMILES string of the molecule is CCOC(=O)c1cccc(S(=O)(=O)N(NCCNCC(=O)OCc2ccccc2)Oc2ccccc2)c1. The van der Waals surface area contributed by atoms with Gasteiger partial charge in [-0.25, -0.2) is 18.6 Å². The van der Waals surface area contributed by atoms with Crippen molar-refractivity contribution >= 4 is 22.0 Å². The van der Waals surface area contributed by atoms with E-state index in [0.717, 1.165) is 5.56 Å². The number of esters is 2. The molecule has 2 N–H and O–H groups in total. The molecule has 37 heavy (non-hydrogen) atoms. The van der Waals surface area contributed by atoms with Gasteiger partial charge in [-0.3, -0.25) is 4.79 Å². The summed E-state index contributed by atoms with van der Waals surface area (Å²) in [7, 11) is -4.24. The molecule has 3 aromatic carbocycles. The first kappa shape index (κ1) is 27.8. The molecule has 0 atom stereocenters. The Morgan fingerprint density at radius 2 is 1.57 bits per heavy atom. The van der Waals surface area contributed by atoms with Gasteiger partial charge in [0.05, 0.1) is 23.6 Å². The smallest absolute Gasteiger partial charge is 0.338 e. The summed E-state index contributed by atoms with van der Waals surface area (Å²) < 4.78 is 37.5. The molecule has 3 aromatic rings. The van der Waals surface area contributed by atoms with E-state index in [9.17, 15) is 18.0 Å². The third kappa shape index (κ3) is 8.69. The molecule has 0 fully saturated rings. The van der Waals surface area contributed by atoms with Crippen LogP contribution in [0.3, 0.4) is 0 Å². The normalized spacial score (nSPS) is 11.2.